The van der Waals surface area contributed by atoms with Gasteiger partial charge in [0.15, 0.2) is 0 Å². The van der Waals surface area contributed by atoms with E-state index < -0.39 is 17.6 Å². The number of ether oxygens (including phenoxy) is 1. The molecule has 2 heterocycles. The molecule has 2 amide bonds. The fourth-order valence-electron chi connectivity index (χ4n) is 5.41. The SMILES string of the molecule is O=C(Nc1ccc([C@@H]2CNCCO2)cc1)c1cccc(Cl)c1.O=C(Nc1ccc([C@H]2CCCNC2)cc1)c1cccc(C(F)(F)F)c1. The summed E-state index contributed by atoms with van der Waals surface area (Å²) in [4.78, 5) is 24.3. The summed E-state index contributed by atoms with van der Waals surface area (Å²) in [6, 6.07) is 26.5. The van der Waals surface area contributed by atoms with Gasteiger partial charge in [0.2, 0.25) is 0 Å². The number of hydrogen-bond donors (Lipinski definition) is 4. The summed E-state index contributed by atoms with van der Waals surface area (Å²) in [7, 11) is 0. The Bertz CT molecular complexity index is 1640. The van der Waals surface area contributed by atoms with Crippen molar-refractivity contribution < 1.29 is 27.5 Å². The van der Waals surface area contributed by atoms with E-state index in [-0.39, 0.29) is 17.6 Å². The minimum Gasteiger partial charge on any atom is -0.371 e. The molecule has 0 spiro atoms. The molecule has 0 aliphatic carbocycles. The molecule has 2 aliphatic heterocycles. The largest absolute Gasteiger partial charge is 0.416 e. The smallest absolute Gasteiger partial charge is 0.371 e. The van der Waals surface area contributed by atoms with Crippen LogP contribution in [-0.2, 0) is 10.9 Å². The van der Waals surface area contributed by atoms with Gasteiger partial charge in [-0.1, -0.05) is 48.0 Å². The molecule has 2 saturated heterocycles. The first kappa shape index (κ1) is 34.1. The van der Waals surface area contributed by atoms with E-state index in [9.17, 15) is 22.8 Å². The highest BCUT2D eigenvalue weighted by Gasteiger charge is 2.31. The van der Waals surface area contributed by atoms with Gasteiger partial charge in [-0.05, 0) is 97.1 Å². The third kappa shape index (κ3) is 9.89. The molecule has 0 radical (unpaired) electrons. The zero-order chi connectivity index (χ0) is 33.2. The van der Waals surface area contributed by atoms with Crippen molar-refractivity contribution in [1.29, 1.82) is 0 Å². The highest BCUT2D eigenvalue weighted by atomic mass is 35.5. The molecule has 4 aromatic carbocycles. The van der Waals surface area contributed by atoms with Crippen molar-refractivity contribution in [2.75, 3.05) is 43.4 Å². The van der Waals surface area contributed by atoms with Gasteiger partial charge in [0, 0.05) is 47.2 Å². The minimum absolute atomic E-state index is 0.0182. The summed E-state index contributed by atoms with van der Waals surface area (Å²) in [5.41, 5.74) is 3.30. The van der Waals surface area contributed by atoms with Crippen LogP contribution in [0.3, 0.4) is 0 Å². The van der Waals surface area contributed by atoms with E-state index in [4.69, 9.17) is 16.3 Å². The molecule has 0 unspecified atom stereocenters. The Labute approximate surface area is 276 Å². The van der Waals surface area contributed by atoms with Crippen molar-refractivity contribution in [1.82, 2.24) is 10.6 Å². The molecule has 246 valence electrons. The van der Waals surface area contributed by atoms with Crippen LogP contribution in [0.25, 0.3) is 0 Å². The van der Waals surface area contributed by atoms with E-state index >= 15 is 0 Å². The number of halogens is 4. The monoisotopic (exact) mass is 664 g/mol. The Morgan fingerprint density at radius 3 is 1.89 bits per heavy atom. The van der Waals surface area contributed by atoms with E-state index in [2.05, 4.69) is 21.3 Å². The molecule has 47 heavy (non-hydrogen) atoms. The predicted molar refractivity (Wildman–Crippen MR) is 178 cm³/mol. The number of carbonyl (C=O) groups excluding carboxylic acids is 2. The lowest BCUT2D eigenvalue weighted by molar-refractivity contribution is -0.137. The van der Waals surface area contributed by atoms with Crippen LogP contribution in [0.1, 0.15) is 62.3 Å². The van der Waals surface area contributed by atoms with Gasteiger partial charge in [0.05, 0.1) is 18.3 Å². The average molecular weight is 665 g/mol. The maximum atomic E-state index is 12.7. The van der Waals surface area contributed by atoms with E-state index in [1.165, 1.54) is 17.7 Å². The van der Waals surface area contributed by atoms with Crippen LogP contribution in [0, 0.1) is 0 Å². The van der Waals surface area contributed by atoms with Crippen LogP contribution in [-0.4, -0.2) is 44.6 Å². The molecule has 11 heteroatoms. The molecule has 2 atom stereocenters. The molecular formula is C36H36ClF3N4O3. The number of carbonyl (C=O) groups is 2. The summed E-state index contributed by atoms with van der Waals surface area (Å²) in [5.74, 6) is -0.272. The van der Waals surface area contributed by atoms with Crippen molar-refractivity contribution in [2.24, 2.45) is 0 Å². The van der Waals surface area contributed by atoms with E-state index in [0.29, 0.717) is 22.2 Å². The lowest BCUT2D eigenvalue weighted by Crippen LogP contribution is -2.33. The predicted octanol–water partition coefficient (Wildman–Crippen LogP) is 7.68. The van der Waals surface area contributed by atoms with Crippen LogP contribution < -0.4 is 21.3 Å². The summed E-state index contributed by atoms with van der Waals surface area (Å²) in [6.45, 7) is 4.41. The van der Waals surface area contributed by atoms with Gasteiger partial charge >= 0.3 is 6.18 Å². The molecule has 0 bridgehead atoms. The number of alkyl halides is 3. The molecule has 2 fully saturated rings. The van der Waals surface area contributed by atoms with Crippen molar-refractivity contribution >= 4 is 34.8 Å². The molecule has 0 saturated carbocycles. The first-order chi connectivity index (χ1) is 22.7. The van der Waals surface area contributed by atoms with Crippen molar-refractivity contribution in [3.63, 3.8) is 0 Å². The third-order valence-corrected chi connectivity index (χ3v) is 8.18. The average Bonchev–Trinajstić information content (AvgIpc) is 3.10. The molecule has 6 rings (SSSR count). The quantitative estimate of drug-likeness (QED) is 0.170. The number of piperidine rings is 1. The zero-order valence-electron chi connectivity index (χ0n) is 25.6. The van der Waals surface area contributed by atoms with Gasteiger partial charge in [0.1, 0.15) is 0 Å². The van der Waals surface area contributed by atoms with Crippen molar-refractivity contribution in [3.05, 3.63) is 130 Å². The number of amides is 2. The van der Waals surface area contributed by atoms with Crippen LogP contribution in [0.4, 0.5) is 24.5 Å². The maximum absolute atomic E-state index is 12.7. The summed E-state index contributed by atoms with van der Waals surface area (Å²) in [5, 5.41) is 12.7. The molecule has 7 nitrogen and oxygen atoms in total. The number of morpholine rings is 1. The highest BCUT2D eigenvalue weighted by molar-refractivity contribution is 6.31. The van der Waals surface area contributed by atoms with Crippen LogP contribution in [0.5, 0.6) is 0 Å². The van der Waals surface area contributed by atoms with E-state index in [1.54, 1.807) is 36.4 Å². The highest BCUT2D eigenvalue weighted by Crippen LogP contribution is 2.30. The second kappa shape index (κ2) is 16.1. The number of benzene rings is 4. The number of rotatable bonds is 6. The Hall–Kier alpha value is -4.22. The minimum atomic E-state index is -4.47. The molecule has 4 N–H and O–H groups in total. The van der Waals surface area contributed by atoms with Crippen molar-refractivity contribution in [3.8, 4) is 0 Å². The number of hydrogen-bond acceptors (Lipinski definition) is 5. The van der Waals surface area contributed by atoms with E-state index in [0.717, 1.165) is 69.0 Å². The summed E-state index contributed by atoms with van der Waals surface area (Å²) in [6.07, 6.45) is -2.13. The Balaban J connectivity index is 0.000000186. The van der Waals surface area contributed by atoms with Crippen molar-refractivity contribution in [2.45, 2.75) is 31.0 Å². The van der Waals surface area contributed by atoms with Crippen LogP contribution in [0.15, 0.2) is 97.1 Å². The zero-order valence-corrected chi connectivity index (χ0v) is 26.3. The Morgan fingerprint density at radius 1 is 0.745 bits per heavy atom. The molecule has 2 aliphatic rings. The topological polar surface area (TPSA) is 91.5 Å². The maximum Gasteiger partial charge on any atom is 0.416 e. The number of nitrogens with one attached hydrogen (secondary N) is 4. The van der Waals surface area contributed by atoms with Gasteiger partial charge in [-0.25, -0.2) is 0 Å². The van der Waals surface area contributed by atoms with Gasteiger partial charge in [-0.15, -0.1) is 0 Å². The van der Waals surface area contributed by atoms with Crippen LogP contribution in [0.2, 0.25) is 5.02 Å². The fraction of sp³-hybridized carbons (Fsp3) is 0.278. The number of anilines is 2. The first-order valence-electron chi connectivity index (χ1n) is 15.4. The van der Waals surface area contributed by atoms with E-state index in [1.807, 2.05) is 36.4 Å². The second-order valence-electron chi connectivity index (χ2n) is 11.3. The lowest BCUT2D eigenvalue weighted by atomic mass is 9.91. The summed E-state index contributed by atoms with van der Waals surface area (Å²) < 4.78 is 43.9. The molecular weight excluding hydrogens is 629 g/mol. The van der Waals surface area contributed by atoms with Gasteiger partial charge in [-0.2, -0.15) is 13.2 Å². The van der Waals surface area contributed by atoms with Gasteiger partial charge < -0.3 is 26.0 Å². The Morgan fingerprint density at radius 2 is 1.34 bits per heavy atom. The lowest BCUT2D eigenvalue weighted by Gasteiger charge is -2.24. The fourth-order valence-corrected chi connectivity index (χ4v) is 5.60. The first-order valence-corrected chi connectivity index (χ1v) is 15.8. The molecule has 4 aromatic rings. The molecule has 0 aromatic heterocycles. The van der Waals surface area contributed by atoms with Gasteiger partial charge in [-0.3, -0.25) is 9.59 Å². The second-order valence-corrected chi connectivity index (χ2v) is 11.8. The Kier molecular flexibility index (Phi) is 11.7. The third-order valence-electron chi connectivity index (χ3n) is 7.94. The van der Waals surface area contributed by atoms with Gasteiger partial charge in [0.25, 0.3) is 11.8 Å². The summed E-state index contributed by atoms with van der Waals surface area (Å²) >= 11 is 5.90. The normalized spacial score (nSPS) is 18.0. The standard InChI is InChI=1S/C19H19F3N2O.C17H17ClN2O2/c20-19(21,22)16-5-1-3-14(11-16)18(25)24-17-8-6-13(7-9-17)15-4-2-10-23-12-15;18-14-3-1-2-13(10-14)17(21)20-15-6-4-12(5-7-15)16-11-19-8-9-22-16/h1,3,5-9,11,15,23H,2,4,10,12H2,(H,24,25);1-7,10,16,19H,8-9,11H2,(H,20,21)/t15-;16-/m00/s1. The van der Waals surface area contributed by atoms with Crippen LogP contribution >= 0.6 is 11.6 Å².